The van der Waals surface area contributed by atoms with Crippen LogP contribution in [-0.2, 0) is 16.4 Å². The summed E-state index contributed by atoms with van der Waals surface area (Å²) in [6, 6.07) is 5.96. The van der Waals surface area contributed by atoms with Gasteiger partial charge in [-0.3, -0.25) is 5.10 Å². The van der Waals surface area contributed by atoms with Gasteiger partial charge in [0.05, 0.1) is 5.56 Å². The highest BCUT2D eigenvalue weighted by molar-refractivity contribution is 7.89. The van der Waals surface area contributed by atoms with Crippen LogP contribution in [0, 0.1) is 11.3 Å². The smallest absolute Gasteiger partial charge is 0.241 e. The van der Waals surface area contributed by atoms with Crippen LogP contribution in [0.15, 0.2) is 29.4 Å². The van der Waals surface area contributed by atoms with Gasteiger partial charge in [-0.1, -0.05) is 11.6 Å². The summed E-state index contributed by atoms with van der Waals surface area (Å²) < 4.78 is 26.8. The lowest BCUT2D eigenvalue weighted by Crippen LogP contribution is -2.26. The number of hydrogen-bond acceptors (Lipinski definition) is 5. The van der Waals surface area contributed by atoms with Crippen molar-refractivity contribution in [1.82, 2.24) is 19.9 Å². The Kier molecular flexibility index (Phi) is 4.90. The maximum Gasteiger partial charge on any atom is 0.241 e. The number of rotatable bonds is 6. The van der Waals surface area contributed by atoms with Crippen LogP contribution in [-0.4, -0.2) is 30.1 Å². The minimum absolute atomic E-state index is 0.0575. The molecule has 7 nitrogen and oxygen atoms in total. The number of hydrogen-bond donors (Lipinski definition) is 2. The van der Waals surface area contributed by atoms with Crippen LogP contribution in [0.25, 0.3) is 0 Å². The summed E-state index contributed by atoms with van der Waals surface area (Å²) in [5.74, 6) is 0.690. The van der Waals surface area contributed by atoms with E-state index in [9.17, 15) is 8.42 Å². The van der Waals surface area contributed by atoms with Gasteiger partial charge in [0.15, 0.2) is 0 Å². The van der Waals surface area contributed by atoms with Crippen LogP contribution in [0.1, 0.15) is 17.8 Å². The quantitative estimate of drug-likeness (QED) is 0.776. The van der Waals surface area contributed by atoms with E-state index in [1.54, 1.807) is 0 Å². The average molecular weight is 326 g/mol. The van der Waals surface area contributed by atoms with Gasteiger partial charge in [0, 0.05) is 18.0 Å². The van der Waals surface area contributed by atoms with E-state index < -0.39 is 10.0 Å². The SMILES string of the molecule is N#Cc1ccc(Cl)cc1S(=O)(=O)NCCCc1ncn[nH]1. The van der Waals surface area contributed by atoms with E-state index in [-0.39, 0.29) is 22.0 Å². The molecule has 0 saturated heterocycles. The minimum Gasteiger partial charge on any atom is -0.263 e. The minimum atomic E-state index is -3.77. The Labute approximate surface area is 127 Å². The summed E-state index contributed by atoms with van der Waals surface area (Å²) in [5.41, 5.74) is 0.0575. The molecule has 0 radical (unpaired) electrons. The van der Waals surface area contributed by atoms with Gasteiger partial charge in [0.2, 0.25) is 10.0 Å². The lowest BCUT2D eigenvalue weighted by molar-refractivity contribution is 0.578. The molecule has 0 spiro atoms. The molecule has 2 aromatic rings. The van der Waals surface area contributed by atoms with Crippen molar-refractivity contribution < 1.29 is 8.42 Å². The molecule has 2 N–H and O–H groups in total. The molecule has 2 rings (SSSR count). The molecular formula is C12H12ClN5O2S. The van der Waals surface area contributed by atoms with Crippen molar-refractivity contribution in [2.24, 2.45) is 0 Å². The second-order valence-electron chi connectivity index (χ2n) is 4.19. The number of nitriles is 1. The molecule has 0 atom stereocenters. The van der Waals surface area contributed by atoms with Gasteiger partial charge >= 0.3 is 0 Å². The average Bonchev–Trinajstić information content (AvgIpc) is 2.97. The first-order chi connectivity index (χ1) is 10.0. The Morgan fingerprint density at radius 1 is 1.43 bits per heavy atom. The Morgan fingerprint density at radius 3 is 2.90 bits per heavy atom. The van der Waals surface area contributed by atoms with Crippen molar-refractivity contribution in [2.45, 2.75) is 17.7 Å². The number of nitrogens with zero attached hydrogens (tertiary/aromatic N) is 3. The molecule has 0 saturated carbocycles. The molecule has 9 heteroatoms. The van der Waals surface area contributed by atoms with Gasteiger partial charge in [-0.05, 0) is 24.6 Å². The number of halogens is 1. The third kappa shape index (κ3) is 4.01. The molecule has 0 aliphatic rings. The van der Waals surface area contributed by atoms with Crippen LogP contribution >= 0.6 is 11.6 Å². The van der Waals surface area contributed by atoms with Crippen molar-refractivity contribution in [3.8, 4) is 6.07 Å². The van der Waals surface area contributed by atoms with Gasteiger partial charge in [-0.25, -0.2) is 18.1 Å². The Hall–Kier alpha value is -1.95. The zero-order chi connectivity index (χ0) is 15.3. The van der Waals surface area contributed by atoms with E-state index in [0.717, 1.165) is 0 Å². The number of aromatic nitrogens is 3. The molecule has 0 bridgehead atoms. The highest BCUT2D eigenvalue weighted by Gasteiger charge is 2.18. The van der Waals surface area contributed by atoms with Crippen LogP contribution in [0.4, 0.5) is 0 Å². The number of sulfonamides is 1. The molecule has 1 aromatic heterocycles. The van der Waals surface area contributed by atoms with E-state index in [1.165, 1.54) is 24.5 Å². The zero-order valence-electron chi connectivity index (χ0n) is 10.9. The summed E-state index contributed by atoms with van der Waals surface area (Å²) in [6.07, 6.45) is 2.52. The molecule has 0 aliphatic carbocycles. The number of aryl methyl sites for hydroxylation is 1. The molecule has 0 aliphatic heterocycles. The Bertz CT molecular complexity index is 752. The predicted molar refractivity (Wildman–Crippen MR) is 76.1 cm³/mol. The largest absolute Gasteiger partial charge is 0.263 e. The fourth-order valence-electron chi connectivity index (χ4n) is 1.70. The van der Waals surface area contributed by atoms with Crippen LogP contribution in [0.5, 0.6) is 0 Å². The van der Waals surface area contributed by atoms with Crippen molar-refractivity contribution in [3.63, 3.8) is 0 Å². The molecular weight excluding hydrogens is 314 g/mol. The Balaban J connectivity index is 2.02. The predicted octanol–water partition coefficient (Wildman–Crippen LogP) is 1.24. The van der Waals surface area contributed by atoms with E-state index in [2.05, 4.69) is 19.9 Å². The standard InChI is InChI=1S/C12H12ClN5O2S/c13-10-4-3-9(7-14)11(6-10)21(19,20)17-5-1-2-12-15-8-16-18-12/h3-4,6,8,17H,1-2,5H2,(H,15,16,18). The van der Waals surface area contributed by atoms with Crippen molar-refractivity contribution in [1.29, 1.82) is 5.26 Å². The van der Waals surface area contributed by atoms with Crippen molar-refractivity contribution >= 4 is 21.6 Å². The summed E-state index contributed by atoms with van der Waals surface area (Å²) in [7, 11) is -3.77. The zero-order valence-corrected chi connectivity index (χ0v) is 12.4. The third-order valence-electron chi connectivity index (χ3n) is 2.70. The Morgan fingerprint density at radius 2 is 2.24 bits per heavy atom. The maximum atomic E-state index is 12.2. The highest BCUT2D eigenvalue weighted by Crippen LogP contribution is 2.20. The first-order valence-corrected chi connectivity index (χ1v) is 7.92. The van der Waals surface area contributed by atoms with E-state index in [0.29, 0.717) is 18.7 Å². The van der Waals surface area contributed by atoms with Crippen LogP contribution in [0.2, 0.25) is 5.02 Å². The summed E-state index contributed by atoms with van der Waals surface area (Å²) >= 11 is 5.79. The highest BCUT2D eigenvalue weighted by atomic mass is 35.5. The van der Waals surface area contributed by atoms with E-state index in [4.69, 9.17) is 16.9 Å². The molecule has 21 heavy (non-hydrogen) atoms. The second kappa shape index (κ2) is 6.67. The van der Waals surface area contributed by atoms with E-state index in [1.807, 2.05) is 6.07 Å². The molecule has 0 fully saturated rings. The van der Waals surface area contributed by atoms with Crippen molar-refractivity contribution in [2.75, 3.05) is 6.54 Å². The van der Waals surface area contributed by atoms with Gasteiger partial charge in [-0.15, -0.1) is 0 Å². The molecule has 1 aromatic carbocycles. The van der Waals surface area contributed by atoms with Crippen LogP contribution in [0.3, 0.4) is 0 Å². The number of aromatic amines is 1. The molecule has 110 valence electrons. The lowest BCUT2D eigenvalue weighted by Gasteiger charge is -2.08. The molecule has 0 unspecified atom stereocenters. The number of benzene rings is 1. The first kappa shape index (κ1) is 15.4. The third-order valence-corrected chi connectivity index (χ3v) is 4.44. The summed E-state index contributed by atoms with van der Waals surface area (Å²) in [5, 5.41) is 15.6. The first-order valence-electron chi connectivity index (χ1n) is 6.06. The summed E-state index contributed by atoms with van der Waals surface area (Å²) in [4.78, 5) is 3.83. The summed E-state index contributed by atoms with van der Waals surface area (Å²) in [6.45, 7) is 0.223. The fourth-order valence-corrected chi connectivity index (χ4v) is 3.19. The monoisotopic (exact) mass is 325 g/mol. The topological polar surface area (TPSA) is 112 Å². The van der Waals surface area contributed by atoms with Crippen molar-refractivity contribution in [3.05, 3.63) is 40.9 Å². The van der Waals surface area contributed by atoms with Crippen LogP contribution < -0.4 is 4.72 Å². The maximum absolute atomic E-state index is 12.2. The van der Waals surface area contributed by atoms with Gasteiger partial charge in [-0.2, -0.15) is 10.4 Å². The van der Waals surface area contributed by atoms with E-state index >= 15 is 0 Å². The van der Waals surface area contributed by atoms with Gasteiger partial charge in [0.25, 0.3) is 0 Å². The lowest BCUT2D eigenvalue weighted by atomic mass is 10.2. The van der Waals surface area contributed by atoms with Gasteiger partial charge in [0.1, 0.15) is 23.1 Å². The molecule has 0 amide bonds. The normalized spacial score (nSPS) is 11.2. The number of nitrogens with one attached hydrogen (secondary N) is 2. The fraction of sp³-hybridized carbons (Fsp3) is 0.250. The van der Waals surface area contributed by atoms with Gasteiger partial charge < -0.3 is 0 Å². The molecule has 1 heterocycles. The second-order valence-corrected chi connectivity index (χ2v) is 6.36. The number of H-pyrrole nitrogens is 1.